The lowest BCUT2D eigenvalue weighted by atomic mass is 10.1. The maximum Gasteiger partial charge on any atom is 0.293 e. The summed E-state index contributed by atoms with van der Waals surface area (Å²) in [5.41, 5.74) is 1.28. The smallest absolute Gasteiger partial charge is 0.293 e. The fraction of sp³-hybridized carbons (Fsp3) is 0.238. The molecule has 0 aliphatic carbocycles. The minimum atomic E-state index is -0.386. The van der Waals surface area contributed by atoms with Gasteiger partial charge in [0.2, 0.25) is 0 Å². The summed E-state index contributed by atoms with van der Waals surface area (Å²) in [6.45, 7) is 4.80. The van der Waals surface area contributed by atoms with Crippen LogP contribution in [0, 0.1) is 0 Å². The van der Waals surface area contributed by atoms with Gasteiger partial charge < -0.3 is 9.47 Å². The quantitative estimate of drug-likeness (QED) is 0.481. The first-order valence-electron chi connectivity index (χ1n) is 9.02. The van der Waals surface area contributed by atoms with Crippen LogP contribution >= 0.6 is 35.0 Å². The van der Waals surface area contributed by atoms with E-state index in [1.807, 2.05) is 19.9 Å². The number of nitrogens with zero attached hydrogens (tertiary/aromatic N) is 1. The highest BCUT2D eigenvalue weighted by Gasteiger charge is 2.35. The third kappa shape index (κ3) is 4.89. The van der Waals surface area contributed by atoms with Gasteiger partial charge in [-0.05, 0) is 61.5 Å². The van der Waals surface area contributed by atoms with Crippen LogP contribution in [-0.4, -0.2) is 29.3 Å². The van der Waals surface area contributed by atoms with Gasteiger partial charge in [-0.1, -0.05) is 35.3 Å². The maximum atomic E-state index is 12.8. The molecule has 2 amide bonds. The van der Waals surface area contributed by atoms with Crippen molar-refractivity contribution in [3.05, 3.63) is 62.5 Å². The summed E-state index contributed by atoms with van der Waals surface area (Å²) >= 11 is 13.2. The van der Waals surface area contributed by atoms with Gasteiger partial charge in [0, 0.05) is 15.6 Å². The third-order valence-corrected chi connectivity index (χ3v) is 5.73. The Kier molecular flexibility index (Phi) is 7.11. The number of ether oxygens (including phenoxy) is 2. The molecule has 2 aromatic rings. The molecule has 152 valence electrons. The van der Waals surface area contributed by atoms with Crippen LogP contribution in [0.1, 0.15) is 25.0 Å². The Hall–Kier alpha value is -2.15. The second-order valence-electron chi connectivity index (χ2n) is 6.04. The summed E-state index contributed by atoms with van der Waals surface area (Å²) in [7, 11) is 0. The molecule has 1 heterocycles. The third-order valence-electron chi connectivity index (χ3n) is 4.12. The number of halogens is 2. The van der Waals surface area contributed by atoms with Crippen LogP contribution < -0.4 is 9.47 Å². The number of thioether (sulfide) groups is 1. The zero-order valence-electron chi connectivity index (χ0n) is 15.9. The molecule has 2 aromatic carbocycles. The summed E-state index contributed by atoms with van der Waals surface area (Å²) in [6.07, 6.45) is 1.66. The van der Waals surface area contributed by atoms with Crippen molar-refractivity contribution >= 4 is 52.2 Å². The van der Waals surface area contributed by atoms with E-state index in [0.29, 0.717) is 45.2 Å². The zero-order valence-corrected chi connectivity index (χ0v) is 18.2. The van der Waals surface area contributed by atoms with Gasteiger partial charge in [-0.15, -0.1) is 0 Å². The van der Waals surface area contributed by atoms with Crippen LogP contribution in [0.4, 0.5) is 4.79 Å². The summed E-state index contributed by atoms with van der Waals surface area (Å²) in [5, 5.41) is 0.454. The van der Waals surface area contributed by atoms with Crippen LogP contribution in [0.2, 0.25) is 10.0 Å². The average Bonchev–Trinajstić information content (AvgIpc) is 2.94. The Balaban J connectivity index is 1.85. The molecule has 0 spiro atoms. The molecule has 0 N–H and O–H groups in total. The Morgan fingerprint density at radius 3 is 2.31 bits per heavy atom. The van der Waals surface area contributed by atoms with E-state index in [1.165, 1.54) is 0 Å². The second-order valence-corrected chi connectivity index (χ2v) is 7.85. The SMILES string of the molecule is CCOc1ccc(/C=C2/SC(=O)N(Cc3c(Cl)cccc3Cl)C2=O)cc1OCC. The molecular formula is C21H19Cl2NO4S. The predicted octanol–water partition coefficient (Wildman–Crippen LogP) is 6.03. The van der Waals surface area contributed by atoms with Gasteiger partial charge in [0.25, 0.3) is 11.1 Å². The lowest BCUT2D eigenvalue weighted by molar-refractivity contribution is -0.123. The fourth-order valence-electron chi connectivity index (χ4n) is 2.79. The zero-order chi connectivity index (χ0) is 21.0. The first-order chi connectivity index (χ1) is 13.9. The fourth-order valence-corrected chi connectivity index (χ4v) is 4.14. The number of rotatable bonds is 7. The van der Waals surface area contributed by atoms with Gasteiger partial charge >= 0.3 is 0 Å². The maximum absolute atomic E-state index is 12.8. The van der Waals surface area contributed by atoms with Gasteiger partial charge in [-0.25, -0.2) is 0 Å². The van der Waals surface area contributed by atoms with Crippen molar-refractivity contribution in [3.63, 3.8) is 0 Å². The van der Waals surface area contributed by atoms with Crippen molar-refractivity contribution in [2.45, 2.75) is 20.4 Å². The van der Waals surface area contributed by atoms with E-state index in [9.17, 15) is 9.59 Å². The molecule has 0 aromatic heterocycles. The topological polar surface area (TPSA) is 55.8 Å². The largest absolute Gasteiger partial charge is 0.490 e. The Labute approximate surface area is 183 Å². The summed E-state index contributed by atoms with van der Waals surface area (Å²) in [6, 6.07) is 10.4. The average molecular weight is 452 g/mol. The number of imide groups is 1. The van der Waals surface area contributed by atoms with Gasteiger partial charge in [-0.3, -0.25) is 14.5 Å². The van der Waals surface area contributed by atoms with Crippen LogP contribution in [0.5, 0.6) is 11.5 Å². The Morgan fingerprint density at radius 1 is 1.00 bits per heavy atom. The lowest BCUT2D eigenvalue weighted by Gasteiger charge is -2.14. The Morgan fingerprint density at radius 2 is 1.66 bits per heavy atom. The van der Waals surface area contributed by atoms with Crippen LogP contribution in [0.25, 0.3) is 6.08 Å². The van der Waals surface area contributed by atoms with Crippen molar-refractivity contribution in [3.8, 4) is 11.5 Å². The molecule has 0 unspecified atom stereocenters. The van der Waals surface area contributed by atoms with Gasteiger partial charge in [0.15, 0.2) is 11.5 Å². The van der Waals surface area contributed by atoms with Gasteiger partial charge in [0.05, 0.1) is 24.7 Å². The van der Waals surface area contributed by atoms with E-state index >= 15 is 0 Å². The van der Waals surface area contributed by atoms with Gasteiger partial charge in [0.1, 0.15) is 0 Å². The molecule has 1 fully saturated rings. The molecule has 8 heteroatoms. The molecule has 0 atom stereocenters. The van der Waals surface area contributed by atoms with Crippen LogP contribution in [0.3, 0.4) is 0 Å². The van der Waals surface area contributed by atoms with E-state index in [-0.39, 0.29) is 17.7 Å². The summed E-state index contributed by atoms with van der Waals surface area (Å²) in [5.74, 6) is 0.834. The minimum Gasteiger partial charge on any atom is -0.490 e. The van der Waals surface area contributed by atoms with Crippen molar-refractivity contribution < 1.29 is 19.1 Å². The second kappa shape index (κ2) is 9.57. The van der Waals surface area contributed by atoms with E-state index in [1.54, 1.807) is 36.4 Å². The molecule has 5 nitrogen and oxygen atoms in total. The number of benzene rings is 2. The van der Waals surface area contributed by atoms with Crippen molar-refractivity contribution in [2.24, 2.45) is 0 Å². The predicted molar refractivity (Wildman–Crippen MR) is 117 cm³/mol. The summed E-state index contributed by atoms with van der Waals surface area (Å²) < 4.78 is 11.2. The first-order valence-corrected chi connectivity index (χ1v) is 10.6. The molecule has 3 rings (SSSR count). The standard InChI is InChI=1S/C21H19Cl2NO4S/c1-3-27-17-9-8-13(10-18(17)28-4-2)11-19-20(25)24(21(26)29-19)12-14-15(22)6-5-7-16(14)23/h5-11H,3-4,12H2,1-2H3/b19-11+. The molecular weight excluding hydrogens is 433 g/mol. The molecule has 1 aliphatic rings. The van der Waals surface area contributed by atoms with E-state index in [2.05, 4.69) is 0 Å². The van der Waals surface area contributed by atoms with Gasteiger partial charge in [-0.2, -0.15) is 0 Å². The number of carbonyl (C=O) groups excluding carboxylic acids is 2. The molecule has 0 saturated carbocycles. The monoisotopic (exact) mass is 451 g/mol. The number of hydrogen-bond donors (Lipinski definition) is 0. The highest BCUT2D eigenvalue weighted by molar-refractivity contribution is 8.18. The molecule has 0 radical (unpaired) electrons. The number of carbonyl (C=O) groups is 2. The molecule has 29 heavy (non-hydrogen) atoms. The number of amides is 2. The van der Waals surface area contributed by atoms with E-state index in [0.717, 1.165) is 22.2 Å². The molecule has 1 saturated heterocycles. The number of hydrogen-bond acceptors (Lipinski definition) is 5. The van der Waals surface area contributed by atoms with Crippen molar-refractivity contribution in [1.29, 1.82) is 0 Å². The van der Waals surface area contributed by atoms with Crippen molar-refractivity contribution in [1.82, 2.24) is 4.90 Å². The van der Waals surface area contributed by atoms with E-state index < -0.39 is 0 Å². The first kappa shape index (κ1) is 21.6. The van der Waals surface area contributed by atoms with Crippen molar-refractivity contribution in [2.75, 3.05) is 13.2 Å². The highest BCUT2D eigenvalue weighted by atomic mass is 35.5. The Bertz CT molecular complexity index is 957. The molecule has 0 bridgehead atoms. The highest BCUT2D eigenvalue weighted by Crippen LogP contribution is 2.37. The normalized spacial score (nSPS) is 15.3. The minimum absolute atomic E-state index is 0.0218. The molecule has 1 aliphatic heterocycles. The van der Waals surface area contributed by atoms with E-state index in [4.69, 9.17) is 32.7 Å². The van der Waals surface area contributed by atoms with Crippen LogP contribution in [-0.2, 0) is 11.3 Å². The summed E-state index contributed by atoms with van der Waals surface area (Å²) in [4.78, 5) is 26.7. The van der Waals surface area contributed by atoms with Crippen LogP contribution in [0.15, 0.2) is 41.3 Å². The lowest BCUT2D eigenvalue weighted by Crippen LogP contribution is -2.27.